The molecule has 3 heterocycles. The third-order valence-electron chi connectivity index (χ3n) is 2.49. The van der Waals surface area contributed by atoms with Crippen molar-refractivity contribution in [3.05, 3.63) is 32.1 Å². The SMILES string of the molecule is CCc1nn2c(=O)cc(CSc3nnc(C)s3)nc2s1. The Hall–Kier alpha value is -1.32. The predicted molar refractivity (Wildman–Crippen MR) is 80.7 cm³/mol. The molecule has 0 aliphatic carbocycles. The highest BCUT2D eigenvalue weighted by Crippen LogP contribution is 2.25. The van der Waals surface area contributed by atoms with E-state index in [-0.39, 0.29) is 5.56 Å². The summed E-state index contributed by atoms with van der Waals surface area (Å²) in [6.07, 6.45) is 0.807. The summed E-state index contributed by atoms with van der Waals surface area (Å²) in [6, 6.07) is 1.53. The molecule has 0 spiro atoms. The van der Waals surface area contributed by atoms with Crippen molar-refractivity contribution in [2.24, 2.45) is 0 Å². The lowest BCUT2D eigenvalue weighted by Crippen LogP contribution is -2.15. The molecule has 0 aliphatic heterocycles. The monoisotopic (exact) mass is 325 g/mol. The normalized spacial score (nSPS) is 11.3. The van der Waals surface area contributed by atoms with Gasteiger partial charge in [-0.05, 0) is 13.3 Å². The van der Waals surface area contributed by atoms with Crippen LogP contribution in [0.1, 0.15) is 22.6 Å². The number of hydrogen-bond acceptors (Lipinski definition) is 8. The van der Waals surface area contributed by atoms with E-state index in [9.17, 15) is 4.79 Å². The first-order valence-corrected chi connectivity index (χ1v) is 8.59. The maximum Gasteiger partial charge on any atom is 0.275 e. The van der Waals surface area contributed by atoms with Crippen molar-refractivity contribution in [2.45, 2.75) is 30.4 Å². The fraction of sp³-hybridized carbons (Fsp3) is 0.364. The zero-order valence-corrected chi connectivity index (χ0v) is 13.3. The van der Waals surface area contributed by atoms with Gasteiger partial charge in [-0.1, -0.05) is 41.4 Å². The average molecular weight is 325 g/mol. The van der Waals surface area contributed by atoms with Gasteiger partial charge in [0, 0.05) is 11.8 Å². The number of rotatable bonds is 4. The summed E-state index contributed by atoms with van der Waals surface area (Å²) >= 11 is 4.54. The maximum atomic E-state index is 12.0. The van der Waals surface area contributed by atoms with Crippen LogP contribution in [0, 0.1) is 6.92 Å². The number of fused-ring (bicyclic) bond motifs is 1. The van der Waals surface area contributed by atoms with Crippen molar-refractivity contribution in [2.75, 3.05) is 0 Å². The molecule has 20 heavy (non-hydrogen) atoms. The van der Waals surface area contributed by atoms with Gasteiger partial charge in [0.1, 0.15) is 10.0 Å². The maximum absolute atomic E-state index is 12.0. The smallest absolute Gasteiger partial charge is 0.267 e. The van der Waals surface area contributed by atoms with Gasteiger partial charge in [-0.3, -0.25) is 4.79 Å². The molecule has 9 heteroatoms. The van der Waals surface area contributed by atoms with Crippen LogP contribution in [0.5, 0.6) is 0 Å². The predicted octanol–water partition coefficient (Wildman–Crippen LogP) is 2.17. The fourth-order valence-electron chi connectivity index (χ4n) is 1.59. The van der Waals surface area contributed by atoms with Crippen LogP contribution in [0.15, 0.2) is 15.2 Å². The summed E-state index contributed by atoms with van der Waals surface area (Å²) in [5.74, 6) is 0.611. The lowest BCUT2D eigenvalue weighted by atomic mass is 10.4. The molecule has 0 aromatic carbocycles. The molecule has 104 valence electrons. The Kier molecular flexibility index (Phi) is 3.81. The second-order valence-corrected chi connectivity index (χ2v) is 7.45. The topological polar surface area (TPSA) is 73.0 Å². The Morgan fingerprint density at radius 2 is 2.20 bits per heavy atom. The van der Waals surface area contributed by atoms with E-state index < -0.39 is 0 Å². The Morgan fingerprint density at radius 3 is 2.90 bits per heavy atom. The van der Waals surface area contributed by atoms with Gasteiger partial charge in [0.05, 0.1) is 5.69 Å². The number of thioether (sulfide) groups is 1. The van der Waals surface area contributed by atoms with E-state index in [1.165, 1.54) is 21.9 Å². The highest BCUT2D eigenvalue weighted by molar-refractivity contribution is 8.00. The third-order valence-corrected chi connectivity index (χ3v) is 5.55. The number of hydrogen-bond donors (Lipinski definition) is 0. The molecule has 6 nitrogen and oxygen atoms in total. The molecule has 0 bridgehead atoms. The number of aromatic nitrogens is 5. The first-order chi connectivity index (χ1) is 9.65. The molecule has 0 saturated heterocycles. The Morgan fingerprint density at radius 1 is 1.35 bits per heavy atom. The minimum absolute atomic E-state index is 0.130. The largest absolute Gasteiger partial charge is 0.275 e. The zero-order valence-electron chi connectivity index (χ0n) is 10.9. The molecule has 0 radical (unpaired) electrons. The number of nitrogens with zero attached hydrogens (tertiary/aromatic N) is 5. The van der Waals surface area contributed by atoms with Gasteiger partial charge in [0.15, 0.2) is 4.34 Å². The summed E-state index contributed by atoms with van der Waals surface area (Å²) in [6.45, 7) is 3.93. The van der Waals surface area contributed by atoms with Crippen LogP contribution < -0.4 is 5.56 Å². The van der Waals surface area contributed by atoms with E-state index in [0.717, 1.165) is 26.5 Å². The lowest BCUT2D eigenvalue weighted by Gasteiger charge is -1.97. The van der Waals surface area contributed by atoms with Crippen molar-refractivity contribution < 1.29 is 0 Å². The van der Waals surface area contributed by atoms with Crippen molar-refractivity contribution in [3.8, 4) is 0 Å². The highest BCUT2D eigenvalue weighted by Gasteiger charge is 2.09. The molecule has 3 aromatic heterocycles. The molecular formula is C11H11N5OS3. The van der Waals surface area contributed by atoms with Crippen LogP contribution in [0.25, 0.3) is 4.96 Å². The van der Waals surface area contributed by atoms with Crippen LogP contribution in [0.2, 0.25) is 0 Å². The van der Waals surface area contributed by atoms with E-state index in [0.29, 0.717) is 10.7 Å². The first kappa shape index (κ1) is 13.7. The quantitative estimate of drug-likeness (QED) is 0.685. The van der Waals surface area contributed by atoms with Crippen LogP contribution in [0.3, 0.4) is 0 Å². The molecule has 3 aromatic rings. The van der Waals surface area contributed by atoms with Crippen LogP contribution in [0.4, 0.5) is 0 Å². The summed E-state index contributed by atoms with van der Waals surface area (Å²) in [5, 5.41) is 14.1. The molecule has 0 N–H and O–H groups in total. The molecule has 0 aliphatic rings. The summed E-state index contributed by atoms with van der Waals surface area (Å²) in [5.41, 5.74) is 0.620. The third kappa shape index (κ3) is 2.74. The van der Waals surface area contributed by atoms with Crippen LogP contribution in [-0.2, 0) is 12.2 Å². The lowest BCUT2D eigenvalue weighted by molar-refractivity contribution is 0.852. The van der Waals surface area contributed by atoms with Crippen molar-refractivity contribution >= 4 is 39.4 Å². The van der Waals surface area contributed by atoms with E-state index in [2.05, 4.69) is 20.3 Å². The zero-order chi connectivity index (χ0) is 14.1. The standard InChI is InChI=1S/C11H11N5OS3/c1-3-8-15-16-9(17)4-7(12-10(16)20-8)5-18-11-14-13-6(2)19-11/h4H,3,5H2,1-2H3. The summed E-state index contributed by atoms with van der Waals surface area (Å²) in [4.78, 5) is 17.1. The molecule has 0 fully saturated rings. The molecular weight excluding hydrogens is 314 g/mol. The van der Waals surface area contributed by atoms with Gasteiger partial charge in [0.25, 0.3) is 5.56 Å². The molecule has 3 rings (SSSR count). The minimum Gasteiger partial charge on any atom is -0.267 e. The van der Waals surface area contributed by atoms with Gasteiger partial charge < -0.3 is 0 Å². The Balaban J connectivity index is 1.86. The Labute approximate surface area is 126 Å². The molecule has 0 saturated carbocycles. The summed E-state index contributed by atoms with van der Waals surface area (Å²) in [7, 11) is 0. The van der Waals surface area contributed by atoms with E-state index in [1.54, 1.807) is 23.1 Å². The minimum atomic E-state index is -0.130. The molecule has 0 unspecified atom stereocenters. The Bertz CT molecular complexity index is 806. The van der Waals surface area contributed by atoms with Crippen molar-refractivity contribution in [1.82, 2.24) is 24.8 Å². The second kappa shape index (κ2) is 5.58. The molecule has 0 amide bonds. The van der Waals surface area contributed by atoms with Crippen LogP contribution >= 0.6 is 34.4 Å². The average Bonchev–Trinajstić information content (AvgIpc) is 3.02. The second-order valence-electron chi connectivity index (χ2n) is 4.01. The van der Waals surface area contributed by atoms with Gasteiger partial charge in [-0.2, -0.15) is 9.61 Å². The first-order valence-electron chi connectivity index (χ1n) is 5.97. The highest BCUT2D eigenvalue weighted by atomic mass is 32.2. The van der Waals surface area contributed by atoms with Crippen molar-refractivity contribution in [3.63, 3.8) is 0 Å². The van der Waals surface area contributed by atoms with E-state index >= 15 is 0 Å². The van der Waals surface area contributed by atoms with E-state index in [4.69, 9.17) is 0 Å². The van der Waals surface area contributed by atoms with Gasteiger partial charge >= 0.3 is 0 Å². The fourth-order valence-corrected chi connectivity index (χ4v) is 4.15. The summed E-state index contributed by atoms with van der Waals surface area (Å²) < 4.78 is 2.26. The van der Waals surface area contributed by atoms with Gasteiger partial charge in [0.2, 0.25) is 4.96 Å². The number of aryl methyl sites for hydroxylation is 2. The van der Waals surface area contributed by atoms with Crippen molar-refractivity contribution in [1.29, 1.82) is 0 Å². The molecule has 0 atom stereocenters. The van der Waals surface area contributed by atoms with Gasteiger partial charge in [-0.25, -0.2) is 4.98 Å². The van der Waals surface area contributed by atoms with E-state index in [1.807, 2.05) is 13.8 Å². The van der Waals surface area contributed by atoms with Gasteiger partial charge in [-0.15, -0.1) is 10.2 Å². The van der Waals surface area contributed by atoms with Crippen LogP contribution in [-0.4, -0.2) is 24.8 Å².